The van der Waals surface area contributed by atoms with Crippen molar-refractivity contribution in [2.75, 3.05) is 0 Å². The van der Waals surface area contributed by atoms with Crippen LogP contribution in [0.5, 0.6) is 11.5 Å². The molecule has 4 aliphatic carbocycles. The molecule has 4 bridgehead atoms. The molecule has 0 spiro atoms. The largest absolute Gasteiger partial charge is 0.483 e. The molecule has 48 heavy (non-hydrogen) atoms. The first kappa shape index (κ1) is 32.0. The van der Waals surface area contributed by atoms with Crippen LogP contribution in [-0.4, -0.2) is 72.1 Å². The summed E-state index contributed by atoms with van der Waals surface area (Å²) < 4.78 is 13.5. The van der Waals surface area contributed by atoms with Gasteiger partial charge in [-0.05, 0) is 86.4 Å². The number of aromatic carboxylic acids is 6. The summed E-state index contributed by atoms with van der Waals surface area (Å²) in [6.45, 7) is 0. The molecule has 248 valence electrons. The summed E-state index contributed by atoms with van der Waals surface area (Å²) in [7, 11) is 0. The van der Waals surface area contributed by atoms with Gasteiger partial charge in [0.1, 0.15) is 11.5 Å². The topological polar surface area (TPSA) is 242 Å². The summed E-state index contributed by atoms with van der Waals surface area (Å²) in [5.41, 5.74) is -6.75. The Kier molecular flexibility index (Phi) is 7.61. The predicted octanol–water partition coefficient (Wildman–Crippen LogP) is 4.81. The third-order valence-corrected chi connectivity index (χ3v) is 9.80. The minimum atomic E-state index is -1.84. The van der Waals surface area contributed by atoms with Crippen LogP contribution in [0.1, 0.15) is 99.8 Å². The Bertz CT molecular complexity index is 1910. The number of benzene rings is 3. The zero-order valence-corrected chi connectivity index (χ0v) is 24.9. The summed E-state index contributed by atoms with van der Waals surface area (Å²) in [5, 5.41) is 59.3. The molecule has 4 fully saturated rings. The van der Waals surface area contributed by atoms with Gasteiger partial charge in [-0.3, -0.25) is 0 Å². The molecule has 6 N–H and O–H groups in total. The fraction of sp³-hybridized carbons (Fsp3) is 0.294. The maximum atomic E-state index is 12.9. The van der Waals surface area contributed by atoms with Crippen molar-refractivity contribution in [2.45, 2.75) is 43.3 Å². The number of ether oxygens (including phenoxy) is 2. The molecule has 4 aliphatic rings. The van der Waals surface area contributed by atoms with Gasteiger partial charge in [0, 0.05) is 11.5 Å². The van der Waals surface area contributed by atoms with E-state index in [-0.39, 0.29) is 41.7 Å². The summed E-state index contributed by atoms with van der Waals surface area (Å²) in [4.78, 5) is 73.0. The number of carboxylic acid groups (broad SMARTS) is 6. The molecule has 0 aliphatic heterocycles. The third-order valence-electron chi connectivity index (χ3n) is 9.80. The zero-order valence-electron chi connectivity index (χ0n) is 24.9. The Morgan fingerprint density at radius 2 is 1.02 bits per heavy atom. The average molecular weight is 661 g/mol. The molecular formula is C34H28O14. The van der Waals surface area contributed by atoms with Gasteiger partial charge in [0.05, 0.1) is 33.4 Å². The molecule has 14 heteroatoms. The van der Waals surface area contributed by atoms with E-state index in [4.69, 9.17) is 9.47 Å². The van der Waals surface area contributed by atoms with Gasteiger partial charge in [-0.15, -0.1) is 0 Å². The van der Waals surface area contributed by atoms with E-state index < -0.39 is 86.3 Å². The van der Waals surface area contributed by atoms with Crippen molar-refractivity contribution in [2.24, 2.45) is 17.8 Å². The van der Waals surface area contributed by atoms with Crippen LogP contribution in [0.2, 0.25) is 0 Å². The molecular weight excluding hydrogens is 632 g/mol. The van der Waals surface area contributed by atoms with Gasteiger partial charge in [-0.2, -0.15) is 0 Å². The highest BCUT2D eigenvalue weighted by molar-refractivity contribution is 6.04. The highest BCUT2D eigenvalue weighted by Gasteiger charge is 2.71. The van der Waals surface area contributed by atoms with E-state index in [0.717, 1.165) is 36.8 Å². The first-order valence-electron chi connectivity index (χ1n) is 14.9. The standard InChI is InChI=1S/C34H28O14/c35-27(36)20-6-4-18(11-23(20)30(41)42)47-33-13-15-8-16(14-33)10-17(9-15)34(33,25-3-1-2-22(29(39)40)26(25)32(45)46)48-19-5-7-21(28(37)38)24(12-19)31(43)44/h1-7,11-12,15-17H,8-10,13-14H2,(H,35,36)(H,37,38)(H,39,40)(H,41,42)(H,43,44)(H,45,46). The molecule has 3 aromatic rings. The maximum Gasteiger partial charge on any atom is 0.337 e. The van der Waals surface area contributed by atoms with Crippen LogP contribution in [0.4, 0.5) is 0 Å². The lowest BCUT2D eigenvalue weighted by atomic mass is 9.45. The molecule has 0 heterocycles. The highest BCUT2D eigenvalue weighted by Crippen LogP contribution is 2.66. The van der Waals surface area contributed by atoms with Crippen molar-refractivity contribution in [3.05, 3.63) is 93.5 Å². The molecule has 0 amide bonds. The van der Waals surface area contributed by atoms with Crippen LogP contribution >= 0.6 is 0 Å². The maximum absolute atomic E-state index is 12.9. The molecule has 3 atom stereocenters. The van der Waals surface area contributed by atoms with E-state index >= 15 is 0 Å². The average Bonchev–Trinajstić information content (AvgIpc) is 3.01. The van der Waals surface area contributed by atoms with Gasteiger partial charge in [0.2, 0.25) is 0 Å². The van der Waals surface area contributed by atoms with Crippen molar-refractivity contribution in [3.8, 4) is 11.5 Å². The molecule has 0 radical (unpaired) electrons. The number of hydrogen-bond acceptors (Lipinski definition) is 8. The normalized spacial score (nSPS) is 25.2. The monoisotopic (exact) mass is 660 g/mol. The first-order valence-corrected chi connectivity index (χ1v) is 14.9. The lowest BCUT2D eigenvalue weighted by Crippen LogP contribution is -2.71. The Labute approximate surface area is 270 Å². The number of carbonyl (C=O) groups is 6. The van der Waals surface area contributed by atoms with Gasteiger partial charge >= 0.3 is 35.8 Å². The second-order valence-corrected chi connectivity index (χ2v) is 12.5. The third kappa shape index (κ3) is 4.96. The smallest absolute Gasteiger partial charge is 0.337 e. The van der Waals surface area contributed by atoms with Crippen molar-refractivity contribution >= 4 is 35.8 Å². The van der Waals surface area contributed by atoms with Crippen molar-refractivity contribution in [1.82, 2.24) is 0 Å². The molecule has 14 nitrogen and oxygen atoms in total. The van der Waals surface area contributed by atoms with E-state index in [1.54, 1.807) is 0 Å². The Morgan fingerprint density at radius 3 is 1.48 bits per heavy atom. The van der Waals surface area contributed by atoms with Crippen LogP contribution in [-0.2, 0) is 5.60 Å². The Balaban J connectivity index is 1.64. The Morgan fingerprint density at radius 1 is 0.542 bits per heavy atom. The molecule has 0 saturated heterocycles. The van der Waals surface area contributed by atoms with Crippen LogP contribution < -0.4 is 9.47 Å². The second-order valence-electron chi connectivity index (χ2n) is 12.5. The van der Waals surface area contributed by atoms with Crippen LogP contribution in [0.15, 0.2) is 54.6 Å². The Hall–Kier alpha value is -5.92. The second kappa shape index (κ2) is 11.4. The van der Waals surface area contributed by atoms with E-state index in [9.17, 15) is 59.4 Å². The van der Waals surface area contributed by atoms with E-state index in [1.807, 2.05) is 0 Å². The van der Waals surface area contributed by atoms with Crippen LogP contribution in [0, 0.1) is 17.8 Å². The van der Waals surface area contributed by atoms with Gasteiger partial charge in [-0.25, -0.2) is 28.8 Å². The SMILES string of the molecule is O=C(O)c1ccc(OC23CC4CC(CC(C4)C2(Oc2ccc(C(=O)O)c(C(=O)O)c2)c2cccc(C(=O)O)c2C(=O)O)C3)cc1C(=O)O. The summed E-state index contributed by atoms with van der Waals surface area (Å²) in [6.07, 6.45) is 2.27. The van der Waals surface area contributed by atoms with Crippen molar-refractivity contribution < 1.29 is 68.9 Å². The van der Waals surface area contributed by atoms with Crippen molar-refractivity contribution in [1.29, 1.82) is 0 Å². The van der Waals surface area contributed by atoms with Gasteiger partial charge in [-0.1, -0.05) is 12.1 Å². The molecule has 4 saturated carbocycles. The number of rotatable bonds is 11. The quantitative estimate of drug-likeness (QED) is 0.162. The van der Waals surface area contributed by atoms with Gasteiger partial charge in [0.15, 0.2) is 11.2 Å². The summed E-state index contributed by atoms with van der Waals surface area (Å²) in [5.74, 6) is -9.88. The first-order chi connectivity index (χ1) is 22.7. The number of carboxylic acids is 6. The molecule has 3 unspecified atom stereocenters. The molecule has 0 aromatic heterocycles. The zero-order chi connectivity index (χ0) is 34.7. The summed E-state index contributed by atoms with van der Waals surface area (Å²) >= 11 is 0. The highest BCUT2D eigenvalue weighted by atomic mass is 16.6. The molecule has 3 aromatic carbocycles. The summed E-state index contributed by atoms with van der Waals surface area (Å²) in [6, 6.07) is 10.5. The van der Waals surface area contributed by atoms with Crippen molar-refractivity contribution in [3.63, 3.8) is 0 Å². The predicted molar refractivity (Wildman–Crippen MR) is 160 cm³/mol. The van der Waals surface area contributed by atoms with Crippen LogP contribution in [0.3, 0.4) is 0 Å². The minimum absolute atomic E-state index is 0.0383. The van der Waals surface area contributed by atoms with Crippen LogP contribution in [0.25, 0.3) is 0 Å². The van der Waals surface area contributed by atoms with Gasteiger partial charge in [0.25, 0.3) is 0 Å². The fourth-order valence-electron chi connectivity index (χ4n) is 8.36. The van der Waals surface area contributed by atoms with E-state index in [2.05, 4.69) is 0 Å². The lowest BCUT2D eigenvalue weighted by molar-refractivity contribution is -0.248. The minimum Gasteiger partial charge on any atom is -0.483 e. The number of hydrogen-bond donors (Lipinski definition) is 6. The van der Waals surface area contributed by atoms with Gasteiger partial charge < -0.3 is 40.1 Å². The molecule has 7 rings (SSSR count). The fourth-order valence-corrected chi connectivity index (χ4v) is 8.36. The van der Waals surface area contributed by atoms with E-state index in [0.29, 0.717) is 12.8 Å². The lowest BCUT2D eigenvalue weighted by Gasteiger charge is -2.66. The van der Waals surface area contributed by atoms with E-state index in [1.165, 1.54) is 24.3 Å².